The number of carboxylic acid groups (broad SMARTS) is 1. The summed E-state index contributed by atoms with van der Waals surface area (Å²) in [6.07, 6.45) is 1.31. The lowest BCUT2D eigenvalue weighted by atomic mass is 10.0. The Balaban J connectivity index is 1.82. The van der Waals surface area contributed by atoms with Crippen LogP contribution in [-0.4, -0.2) is 23.5 Å². The number of benzene rings is 3. The summed E-state index contributed by atoms with van der Waals surface area (Å²) >= 11 is 0. The van der Waals surface area contributed by atoms with Crippen LogP contribution in [0.1, 0.15) is 35.2 Å². The van der Waals surface area contributed by atoms with Crippen LogP contribution >= 0.6 is 0 Å². The van der Waals surface area contributed by atoms with Crippen LogP contribution in [0.2, 0.25) is 0 Å². The summed E-state index contributed by atoms with van der Waals surface area (Å²) in [6, 6.07) is 17.4. The van der Waals surface area contributed by atoms with Gasteiger partial charge in [-0.1, -0.05) is 25.1 Å². The second-order valence-corrected chi connectivity index (χ2v) is 7.36. The molecule has 0 spiro atoms. The van der Waals surface area contributed by atoms with Gasteiger partial charge in [0.2, 0.25) is 0 Å². The van der Waals surface area contributed by atoms with Crippen LogP contribution in [-0.2, 0) is 17.6 Å². The monoisotopic (exact) mass is 435 g/mol. The number of nitrogens with one attached hydrogen (secondary N) is 2. The van der Waals surface area contributed by atoms with Crippen LogP contribution in [0.25, 0.3) is 0 Å². The van der Waals surface area contributed by atoms with Gasteiger partial charge in [0.1, 0.15) is 17.4 Å². The maximum Gasteiger partial charge on any atom is 0.330 e. The van der Waals surface area contributed by atoms with Crippen LogP contribution in [0.3, 0.4) is 0 Å². The van der Waals surface area contributed by atoms with Gasteiger partial charge in [-0.2, -0.15) is 0 Å². The SMILES string of the molecule is CCc1ccc(OCCc2ccc(F)cc2)c(C(Nc2ccc(C(=N)N)cc2)C(=O)O)c1. The van der Waals surface area contributed by atoms with E-state index < -0.39 is 12.0 Å². The number of aryl methyl sites for hydroxylation is 1. The lowest BCUT2D eigenvalue weighted by Crippen LogP contribution is -2.22. The van der Waals surface area contributed by atoms with Gasteiger partial charge in [-0.3, -0.25) is 5.41 Å². The topological polar surface area (TPSA) is 108 Å². The molecule has 1 unspecified atom stereocenters. The number of anilines is 1. The van der Waals surface area contributed by atoms with Crippen molar-refractivity contribution in [1.29, 1.82) is 5.41 Å². The Hall–Kier alpha value is -3.87. The van der Waals surface area contributed by atoms with Gasteiger partial charge in [-0.05, 0) is 66.1 Å². The quantitative estimate of drug-likeness (QED) is 0.276. The van der Waals surface area contributed by atoms with Gasteiger partial charge in [0.25, 0.3) is 0 Å². The molecular formula is C25H26FN3O3. The number of rotatable bonds is 10. The Morgan fingerprint density at radius 2 is 1.75 bits per heavy atom. The van der Waals surface area contributed by atoms with Crippen LogP contribution in [0, 0.1) is 11.2 Å². The standard InChI is InChI=1S/C25H26FN3O3/c1-2-16-5-12-22(32-14-13-17-3-8-19(26)9-4-17)21(15-16)23(25(30)31)29-20-10-6-18(7-11-20)24(27)28/h3-12,15,23,29H,2,13-14H2,1H3,(H3,27,28)(H,30,31). The number of hydrogen-bond donors (Lipinski definition) is 4. The first kappa shape index (κ1) is 22.8. The van der Waals surface area contributed by atoms with E-state index in [1.165, 1.54) is 12.1 Å². The zero-order valence-electron chi connectivity index (χ0n) is 17.8. The first-order valence-electron chi connectivity index (χ1n) is 10.3. The summed E-state index contributed by atoms with van der Waals surface area (Å²) in [6.45, 7) is 2.32. The number of nitrogens with two attached hydrogens (primary N) is 1. The normalized spacial score (nSPS) is 11.6. The molecule has 0 saturated heterocycles. The molecule has 0 bridgehead atoms. The Labute approximate surface area is 186 Å². The van der Waals surface area contributed by atoms with E-state index >= 15 is 0 Å². The van der Waals surface area contributed by atoms with Gasteiger partial charge in [0.05, 0.1) is 6.61 Å². The third-order valence-corrected chi connectivity index (χ3v) is 5.11. The number of ether oxygens (including phenoxy) is 1. The predicted molar refractivity (Wildman–Crippen MR) is 123 cm³/mol. The lowest BCUT2D eigenvalue weighted by molar-refractivity contribution is -0.138. The average molecular weight is 435 g/mol. The summed E-state index contributed by atoms with van der Waals surface area (Å²) < 4.78 is 19.0. The van der Waals surface area contributed by atoms with Crippen molar-refractivity contribution >= 4 is 17.5 Å². The zero-order valence-corrected chi connectivity index (χ0v) is 17.8. The van der Waals surface area contributed by atoms with E-state index in [1.807, 2.05) is 19.1 Å². The van der Waals surface area contributed by atoms with Crippen molar-refractivity contribution in [2.45, 2.75) is 25.8 Å². The molecule has 0 radical (unpaired) electrons. The molecule has 32 heavy (non-hydrogen) atoms. The molecule has 3 rings (SSSR count). The second kappa shape index (κ2) is 10.4. The van der Waals surface area contributed by atoms with Gasteiger partial charge >= 0.3 is 5.97 Å². The third-order valence-electron chi connectivity index (χ3n) is 5.11. The van der Waals surface area contributed by atoms with Crippen LogP contribution < -0.4 is 15.8 Å². The number of carbonyl (C=O) groups is 1. The van der Waals surface area contributed by atoms with Crippen molar-refractivity contribution in [3.8, 4) is 5.75 Å². The summed E-state index contributed by atoms with van der Waals surface area (Å²) in [5, 5.41) is 20.5. The average Bonchev–Trinajstić information content (AvgIpc) is 2.79. The Kier molecular flexibility index (Phi) is 7.44. The Bertz CT molecular complexity index is 1080. The van der Waals surface area contributed by atoms with Gasteiger partial charge in [-0.25, -0.2) is 9.18 Å². The lowest BCUT2D eigenvalue weighted by Gasteiger charge is -2.21. The van der Waals surface area contributed by atoms with E-state index in [2.05, 4.69) is 5.32 Å². The zero-order chi connectivity index (χ0) is 23.1. The molecule has 0 aliphatic carbocycles. The molecule has 0 saturated carbocycles. The third kappa shape index (κ3) is 5.85. The molecule has 0 heterocycles. The van der Waals surface area contributed by atoms with E-state index in [0.717, 1.165) is 17.5 Å². The molecule has 0 aromatic heterocycles. The maximum absolute atomic E-state index is 13.1. The number of nitrogen functional groups attached to an aromatic ring is 1. The van der Waals surface area contributed by atoms with Crippen molar-refractivity contribution in [3.05, 3.63) is 94.8 Å². The molecule has 1 atom stereocenters. The van der Waals surface area contributed by atoms with Crippen LogP contribution in [0.15, 0.2) is 66.7 Å². The molecule has 166 valence electrons. The van der Waals surface area contributed by atoms with Crippen molar-refractivity contribution in [1.82, 2.24) is 0 Å². The molecule has 0 aliphatic heterocycles. The number of hydrogen-bond acceptors (Lipinski definition) is 4. The predicted octanol–water partition coefficient (Wildman–Crippen LogP) is 4.53. The molecule has 6 nitrogen and oxygen atoms in total. The fourth-order valence-electron chi connectivity index (χ4n) is 3.29. The molecular weight excluding hydrogens is 409 g/mol. The minimum atomic E-state index is -1.04. The van der Waals surface area contributed by atoms with E-state index in [0.29, 0.717) is 35.6 Å². The smallest absolute Gasteiger partial charge is 0.330 e. The number of amidine groups is 1. The highest BCUT2D eigenvalue weighted by molar-refractivity contribution is 5.95. The van der Waals surface area contributed by atoms with Crippen molar-refractivity contribution in [2.24, 2.45) is 5.73 Å². The Morgan fingerprint density at radius 3 is 2.34 bits per heavy atom. The van der Waals surface area contributed by atoms with E-state index in [-0.39, 0.29) is 11.7 Å². The van der Waals surface area contributed by atoms with E-state index in [1.54, 1.807) is 42.5 Å². The molecule has 0 aliphatic rings. The van der Waals surface area contributed by atoms with Crippen LogP contribution in [0.4, 0.5) is 10.1 Å². The summed E-state index contributed by atoms with van der Waals surface area (Å²) in [5.41, 5.74) is 9.07. The van der Waals surface area contributed by atoms with Crippen LogP contribution in [0.5, 0.6) is 5.75 Å². The summed E-state index contributed by atoms with van der Waals surface area (Å²) in [5.74, 6) is -0.917. The number of carboxylic acids is 1. The minimum absolute atomic E-state index is 0.0566. The molecule has 3 aromatic rings. The van der Waals surface area contributed by atoms with Crippen molar-refractivity contribution in [2.75, 3.05) is 11.9 Å². The molecule has 0 amide bonds. The van der Waals surface area contributed by atoms with Gasteiger partial charge in [-0.15, -0.1) is 0 Å². The van der Waals surface area contributed by atoms with Crippen molar-refractivity contribution in [3.63, 3.8) is 0 Å². The first-order chi connectivity index (χ1) is 15.4. The molecule has 7 heteroatoms. The maximum atomic E-state index is 13.1. The van der Waals surface area contributed by atoms with Gasteiger partial charge in [0.15, 0.2) is 6.04 Å². The Morgan fingerprint density at radius 1 is 1.09 bits per heavy atom. The van der Waals surface area contributed by atoms with Crippen molar-refractivity contribution < 1.29 is 19.0 Å². The highest BCUT2D eigenvalue weighted by Crippen LogP contribution is 2.30. The fourth-order valence-corrected chi connectivity index (χ4v) is 3.29. The molecule has 5 N–H and O–H groups in total. The summed E-state index contributed by atoms with van der Waals surface area (Å²) in [4.78, 5) is 12.2. The van der Waals surface area contributed by atoms with E-state index in [4.69, 9.17) is 15.9 Å². The number of halogens is 1. The highest BCUT2D eigenvalue weighted by atomic mass is 19.1. The highest BCUT2D eigenvalue weighted by Gasteiger charge is 2.24. The summed E-state index contributed by atoms with van der Waals surface area (Å²) in [7, 11) is 0. The molecule has 0 fully saturated rings. The molecule has 3 aromatic carbocycles. The first-order valence-corrected chi connectivity index (χ1v) is 10.3. The van der Waals surface area contributed by atoms with Gasteiger partial charge in [0, 0.05) is 23.2 Å². The second-order valence-electron chi connectivity index (χ2n) is 7.36. The largest absolute Gasteiger partial charge is 0.493 e. The van der Waals surface area contributed by atoms with Gasteiger partial charge < -0.3 is 20.9 Å². The fraction of sp³-hybridized carbons (Fsp3) is 0.200. The number of aliphatic carboxylic acids is 1. The minimum Gasteiger partial charge on any atom is -0.493 e. The van der Waals surface area contributed by atoms with E-state index in [9.17, 15) is 14.3 Å².